The van der Waals surface area contributed by atoms with Crippen LogP contribution in [-0.2, 0) is 14.3 Å². The molecule has 0 spiro atoms. The molecule has 3 aromatic rings. The minimum atomic E-state index is -0.504. The number of hydrogen-bond acceptors (Lipinski definition) is 5. The SMILES string of the molecule is C=CC(=O)Oc1ccc(-c2ccc(-c3ccc(O/C=C\OC(=O)C(=C)C)cc3)cc2)c(C)c1. The minimum Gasteiger partial charge on any atom is -0.462 e. The zero-order valence-corrected chi connectivity index (χ0v) is 18.5. The number of carbonyl (C=O) groups is 2. The maximum Gasteiger partial charge on any atom is 0.338 e. The molecule has 3 rings (SSSR count). The van der Waals surface area contributed by atoms with Crippen LogP contribution in [0.2, 0.25) is 0 Å². The van der Waals surface area contributed by atoms with Gasteiger partial charge in [0.1, 0.15) is 24.0 Å². The Bertz CT molecular complexity index is 1200. The van der Waals surface area contributed by atoms with E-state index in [0.717, 1.165) is 33.9 Å². The van der Waals surface area contributed by atoms with E-state index >= 15 is 0 Å². The van der Waals surface area contributed by atoms with E-state index in [0.29, 0.717) is 17.1 Å². The van der Waals surface area contributed by atoms with Crippen molar-refractivity contribution in [2.45, 2.75) is 13.8 Å². The minimum absolute atomic E-state index is 0.316. The Morgan fingerprint density at radius 1 is 0.818 bits per heavy atom. The van der Waals surface area contributed by atoms with Crippen molar-refractivity contribution < 1.29 is 23.8 Å². The fourth-order valence-corrected chi connectivity index (χ4v) is 3.05. The maximum absolute atomic E-state index is 11.4. The van der Waals surface area contributed by atoms with Crippen LogP contribution in [-0.4, -0.2) is 11.9 Å². The number of rotatable bonds is 8. The van der Waals surface area contributed by atoms with Crippen molar-refractivity contribution >= 4 is 11.9 Å². The highest BCUT2D eigenvalue weighted by Crippen LogP contribution is 2.30. The molecule has 3 aromatic carbocycles. The third-order valence-electron chi connectivity index (χ3n) is 4.75. The fourth-order valence-electron chi connectivity index (χ4n) is 3.05. The molecule has 5 nitrogen and oxygen atoms in total. The first-order valence-electron chi connectivity index (χ1n) is 10.2. The molecule has 0 aliphatic heterocycles. The molecule has 0 aromatic heterocycles. The van der Waals surface area contributed by atoms with Crippen LogP contribution in [0.5, 0.6) is 11.5 Å². The van der Waals surface area contributed by atoms with Crippen LogP contribution in [0.15, 0.2) is 104 Å². The zero-order valence-electron chi connectivity index (χ0n) is 18.5. The summed E-state index contributed by atoms with van der Waals surface area (Å²) in [5.41, 5.74) is 5.53. The Morgan fingerprint density at radius 2 is 1.39 bits per heavy atom. The van der Waals surface area contributed by atoms with Crippen molar-refractivity contribution in [3.63, 3.8) is 0 Å². The summed E-state index contributed by atoms with van der Waals surface area (Å²) in [4.78, 5) is 22.7. The maximum atomic E-state index is 11.4. The van der Waals surface area contributed by atoms with Gasteiger partial charge in [-0.05, 0) is 65.9 Å². The summed E-state index contributed by atoms with van der Waals surface area (Å²) in [5.74, 6) is 0.121. The molecule has 0 saturated heterocycles. The molecule has 0 saturated carbocycles. The van der Waals surface area contributed by atoms with E-state index in [2.05, 4.69) is 25.3 Å². The topological polar surface area (TPSA) is 61.8 Å². The Kier molecular flexibility index (Phi) is 7.60. The summed E-state index contributed by atoms with van der Waals surface area (Å²) in [6.45, 7) is 10.5. The van der Waals surface area contributed by atoms with Gasteiger partial charge in [-0.15, -0.1) is 0 Å². The predicted octanol–water partition coefficient (Wildman–Crippen LogP) is 6.39. The summed E-state index contributed by atoms with van der Waals surface area (Å²) in [6.07, 6.45) is 3.62. The molecule has 0 unspecified atom stereocenters. The lowest BCUT2D eigenvalue weighted by Crippen LogP contribution is -2.03. The molecular weight excluding hydrogens is 416 g/mol. The first kappa shape index (κ1) is 23.3. The number of carbonyl (C=O) groups excluding carboxylic acids is 2. The van der Waals surface area contributed by atoms with Gasteiger partial charge in [0.25, 0.3) is 0 Å². The second-order valence-corrected chi connectivity index (χ2v) is 7.28. The van der Waals surface area contributed by atoms with Gasteiger partial charge in [0, 0.05) is 11.6 Å². The molecule has 0 amide bonds. The normalized spacial score (nSPS) is 10.5. The first-order chi connectivity index (χ1) is 15.9. The van der Waals surface area contributed by atoms with Gasteiger partial charge in [0.2, 0.25) is 0 Å². The first-order valence-corrected chi connectivity index (χ1v) is 10.2. The molecule has 33 heavy (non-hydrogen) atoms. The van der Waals surface area contributed by atoms with Gasteiger partial charge in [0.05, 0.1) is 0 Å². The second kappa shape index (κ2) is 10.8. The third kappa shape index (κ3) is 6.31. The molecule has 0 fully saturated rings. The van der Waals surface area contributed by atoms with Crippen molar-refractivity contribution in [3.05, 3.63) is 110 Å². The molecule has 0 aliphatic carbocycles. The summed E-state index contributed by atoms with van der Waals surface area (Å²) >= 11 is 0. The van der Waals surface area contributed by atoms with Gasteiger partial charge in [-0.25, -0.2) is 9.59 Å². The molecule has 0 N–H and O–H groups in total. The van der Waals surface area contributed by atoms with Crippen molar-refractivity contribution in [1.82, 2.24) is 0 Å². The lowest BCUT2D eigenvalue weighted by molar-refractivity contribution is -0.133. The summed E-state index contributed by atoms with van der Waals surface area (Å²) in [7, 11) is 0. The van der Waals surface area contributed by atoms with Crippen LogP contribution < -0.4 is 9.47 Å². The quantitative estimate of drug-likeness (QED) is 0.176. The molecule has 5 heteroatoms. The van der Waals surface area contributed by atoms with E-state index in [1.807, 2.05) is 55.5 Å². The van der Waals surface area contributed by atoms with E-state index in [4.69, 9.17) is 14.2 Å². The smallest absolute Gasteiger partial charge is 0.338 e. The number of hydrogen-bond donors (Lipinski definition) is 0. The number of ether oxygens (including phenoxy) is 3. The summed E-state index contributed by atoms with van der Waals surface area (Å²) in [5, 5.41) is 0. The monoisotopic (exact) mass is 440 g/mol. The molecule has 0 radical (unpaired) electrons. The Balaban J connectivity index is 1.66. The summed E-state index contributed by atoms with van der Waals surface area (Å²) in [6, 6.07) is 21.3. The zero-order chi connectivity index (χ0) is 23.8. The van der Waals surface area contributed by atoms with E-state index < -0.39 is 11.9 Å². The molecule has 0 heterocycles. The van der Waals surface area contributed by atoms with E-state index in [-0.39, 0.29) is 0 Å². The molecule has 0 aliphatic rings. The van der Waals surface area contributed by atoms with E-state index in [1.54, 1.807) is 13.0 Å². The van der Waals surface area contributed by atoms with Gasteiger partial charge < -0.3 is 14.2 Å². The number of aryl methyl sites for hydroxylation is 1. The van der Waals surface area contributed by atoms with Crippen molar-refractivity contribution in [3.8, 4) is 33.8 Å². The largest absolute Gasteiger partial charge is 0.462 e. The van der Waals surface area contributed by atoms with Crippen molar-refractivity contribution in [2.24, 2.45) is 0 Å². The van der Waals surface area contributed by atoms with Crippen LogP contribution in [0.1, 0.15) is 12.5 Å². The van der Waals surface area contributed by atoms with Gasteiger partial charge in [-0.2, -0.15) is 0 Å². The van der Waals surface area contributed by atoms with Gasteiger partial charge in [0.15, 0.2) is 0 Å². The van der Waals surface area contributed by atoms with Crippen LogP contribution in [0.3, 0.4) is 0 Å². The van der Waals surface area contributed by atoms with Gasteiger partial charge in [-0.3, -0.25) is 0 Å². The fraction of sp³-hybridized carbons (Fsp3) is 0.0714. The summed E-state index contributed by atoms with van der Waals surface area (Å²) < 4.78 is 15.4. The van der Waals surface area contributed by atoms with Crippen LogP contribution in [0, 0.1) is 6.92 Å². The number of esters is 2. The van der Waals surface area contributed by atoms with Gasteiger partial charge >= 0.3 is 11.9 Å². The standard InChI is InChI=1S/C28H24O5/c1-5-27(29)33-25-14-15-26(20(4)18-25)23-8-6-21(7-9-23)22-10-12-24(13-11-22)31-16-17-32-28(30)19(2)3/h5-18H,1-2H2,3-4H3/b17-16-. The van der Waals surface area contributed by atoms with Gasteiger partial charge in [-0.1, -0.05) is 55.6 Å². The third-order valence-corrected chi connectivity index (χ3v) is 4.75. The Hall–Kier alpha value is -4.38. The molecular formula is C28H24O5. The van der Waals surface area contributed by atoms with Crippen molar-refractivity contribution in [2.75, 3.05) is 0 Å². The lowest BCUT2D eigenvalue weighted by Gasteiger charge is -2.10. The molecule has 0 atom stereocenters. The highest BCUT2D eigenvalue weighted by Gasteiger charge is 2.07. The second-order valence-electron chi connectivity index (χ2n) is 7.28. The Morgan fingerprint density at radius 3 is 1.97 bits per heavy atom. The van der Waals surface area contributed by atoms with Crippen molar-refractivity contribution in [1.29, 1.82) is 0 Å². The van der Waals surface area contributed by atoms with E-state index in [1.165, 1.54) is 12.5 Å². The van der Waals surface area contributed by atoms with Crippen LogP contribution in [0.25, 0.3) is 22.3 Å². The predicted molar refractivity (Wildman–Crippen MR) is 129 cm³/mol. The highest BCUT2D eigenvalue weighted by molar-refractivity contribution is 5.87. The average molecular weight is 440 g/mol. The lowest BCUT2D eigenvalue weighted by atomic mass is 9.97. The highest BCUT2D eigenvalue weighted by atomic mass is 16.5. The Labute approximate surface area is 193 Å². The number of benzene rings is 3. The van der Waals surface area contributed by atoms with Crippen LogP contribution >= 0.6 is 0 Å². The van der Waals surface area contributed by atoms with E-state index in [9.17, 15) is 9.59 Å². The van der Waals surface area contributed by atoms with Crippen LogP contribution in [0.4, 0.5) is 0 Å². The average Bonchev–Trinajstić information content (AvgIpc) is 2.82. The molecule has 166 valence electrons. The molecule has 0 bridgehead atoms.